The third-order valence-corrected chi connectivity index (χ3v) is 5.67. The van der Waals surface area contributed by atoms with Gasteiger partial charge in [-0.2, -0.15) is 0 Å². The van der Waals surface area contributed by atoms with E-state index in [-0.39, 0.29) is 12.0 Å². The molecule has 0 aliphatic carbocycles. The van der Waals surface area contributed by atoms with Crippen LogP contribution in [0.5, 0.6) is 0 Å². The minimum absolute atomic E-state index is 0.0859. The van der Waals surface area contributed by atoms with Crippen molar-refractivity contribution in [2.45, 2.75) is 45.4 Å². The lowest BCUT2D eigenvalue weighted by Crippen LogP contribution is -2.39. The maximum atomic E-state index is 12.7. The maximum Gasteiger partial charge on any atom is 0.226 e. The highest BCUT2D eigenvalue weighted by Crippen LogP contribution is 2.34. The van der Waals surface area contributed by atoms with Crippen LogP contribution >= 0.6 is 11.3 Å². The van der Waals surface area contributed by atoms with Gasteiger partial charge in [0.1, 0.15) is 11.9 Å². The predicted molar refractivity (Wildman–Crippen MR) is 86.2 cm³/mol. The van der Waals surface area contributed by atoms with Gasteiger partial charge in [0, 0.05) is 24.4 Å². The quantitative estimate of drug-likeness (QED) is 0.862. The molecule has 0 unspecified atom stereocenters. The third kappa shape index (κ3) is 2.68. The van der Waals surface area contributed by atoms with Crippen molar-refractivity contribution in [3.8, 4) is 0 Å². The monoisotopic (exact) mass is 332 g/mol. The standard InChI is InChI=1S/C16H20N4O2S/c1-2-13-17-18-14-10-19(5-6-20(13)14)15(21)9-12-16-11(3-7-22-12)4-8-23-16/h4,8,12H,2-3,5-7,9-10H2,1H3/t12-/m1/s1. The fourth-order valence-electron chi connectivity index (χ4n) is 3.36. The van der Waals surface area contributed by atoms with Crippen LogP contribution in [0.3, 0.4) is 0 Å². The fraction of sp³-hybridized carbons (Fsp3) is 0.562. The average Bonchev–Trinajstić information content (AvgIpc) is 3.21. The number of thiophene rings is 1. The van der Waals surface area contributed by atoms with Crippen LogP contribution in [-0.4, -0.2) is 38.7 Å². The molecule has 0 N–H and O–H groups in total. The number of fused-ring (bicyclic) bond motifs is 2. The first-order chi connectivity index (χ1) is 11.3. The molecule has 0 fully saturated rings. The summed E-state index contributed by atoms with van der Waals surface area (Å²) in [5.74, 6) is 2.04. The highest BCUT2D eigenvalue weighted by Gasteiger charge is 2.29. The second-order valence-corrected chi connectivity index (χ2v) is 6.92. The molecule has 1 atom stereocenters. The third-order valence-electron chi connectivity index (χ3n) is 4.62. The number of amides is 1. The lowest BCUT2D eigenvalue weighted by Gasteiger charge is -2.30. The fourth-order valence-corrected chi connectivity index (χ4v) is 4.36. The van der Waals surface area contributed by atoms with E-state index in [2.05, 4.69) is 33.1 Å². The number of aromatic nitrogens is 3. The van der Waals surface area contributed by atoms with Crippen LogP contribution in [0.25, 0.3) is 0 Å². The van der Waals surface area contributed by atoms with E-state index in [9.17, 15) is 4.79 Å². The van der Waals surface area contributed by atoms with Crippen LogP contribution in [-0.2, 0) is 35.5 Å². The van der Waals surface area contributed by atoms with E-state index in [0.717, 1.165) is 37.6 Å². The van der Waals surface area contributed by atoms with Gasteiger partial charge < -0.3 is 14.2 Å². The lowest BCUT2D eigenvalue weighted by atomic mass is 10.0. The number of rotatable bonds is 3. The van der Waals surface area contributed by atoms with Crippen LogP contribution in [0, 0.1) is 0 Å². The van der Waals surface area contributed by atoms with Gasteiger partial charge in [-0.25, -0.2) is 0 Å². The molecule has 4 rings (SSSR count). The molecule has 2 aliphatic heterocycles. The molecule has 2 aromatic rings. The van der Waals surface area contributed by atoms with E-state index in [1.54, 1.807) is 11.3 Å². The summed E-state index contributed by atoms with van der Waals surface area (Å²) < 4.78 is 7.98. The Labute approximate surface area is 139 Å². The summed E-state index contributed by atoms with van der Waals surface area (Å²) >= 11 is 1.69. The van der Waals surface area contributed by atoms with E-state index < -0.39 is 0 Å². The summed E-state index contributed by atoms with van der Waals surface area (Å²) in [5, 5.41) is 10.5. The Hall–Kier alpha value is -1.73. The topological polar surface area (TPSA) is 60.2 Å². The van der Waals surface area contributed by atoms with Gasteiger partial charge in [-0.3, -0.25) is 4.79 Å². The van der Waals surface area contributed by atoms with Gasteiger partial charge in [0.2, 0.25) is 5.91 Å². The van der Waals surface area contributed by atoms with Crippen LogP contribution in [0.15, 0.2) is 11.4 Å². The Morgan fingerprint density at radius 1 is 1.43 bits per heavy atom. The number of aryl methyl sites for hydroxylation is 1. The molecule has 7 heteroatoms. The highest BCUT2D eigenvalue weighted by molar-refractivity contribution is 7.10. The van der Waals surface area contributed by atoms with Gasteiger partial charge in [0.25, 0.3) is 0 Å². The van der Waals surface area contributed by atoms with E-state index in [1.165, 1.54) is 10.4 Å². The molecule has 23 heavy (non-hydrogen) atoms. The lowest BCUT2D eigenvalue weighted by molar-refractivity contribution is -0.136. The second kappa shape index (κ2) is 6.05. The van der Waals surface area contributed by atoms with Crippen LogP contribution in [0.4, 0.5) is 0 Å². The zero-order chi connectivity index (χ0) is 15.8. The summed E-state index contributed by atoms with van der Waals surface area (Å²) in [5.41, 5.74) is 1.34. The van der Waals surface area contributed by atoms with Crippen molar-refractivity contribution < 1.29 is 9.53 Å². The Morgan fingerprint density at radius 2 is 2.35 bits per heavy atom. The van der Waals surface area contributed by atoms with Gasteiger partial charge >= 0.3 is 0 Å². The molecule has 0 saturated carbocycles. The summed E-state index contributed by atoms with van der Waals surface area (Å²) in [6.07, 6.45) is 2.16. The molecular weight excluding hydrogens is 312 g/mol. The molecule has 0 aromatic carbocycles. The largest absolute Gasteiger partial charge is 0.372 e. The molecule has 2 aromatic heterocycles. The van der Waals surface area contributed by atoms with Crippen molar-refractivity contribution in [2.24, 2.45) is 0 Å². The Balaban J connectivity index is 1.45. The van der Waals surface area contributed by atoms with Crippen LogP contribution in [0.2, 0.25) is 0 Å². The SMILES string of the molecule is CCc1nnc2n1CCN(C(=O)C[C@H]1OCCc3ccsc31)C2. The second-order valence-electron chi connectivity index (χ2n) is 5.98. The molecule has 0 radical (unpaired) electrons. The number of carbonyl (C=O) groups excluding carboxylic acids is 1. The molecule has 0 saturated heterocycles. The molecule has 0 spiro atoms. The normalized spacial score (nSPS) is 20.2. The van der Waals surface area contributed by atoms with Gasteiger partial charge in [-0.1, -0.05) is 6.92 Å². The zero-order valence-electron chi connectivity index (χ0n) is 13.2. The number of ether oxygens (including phenoxy) is 1. The van der Waals surface area contributed by atoms with Crippen molar-refractivity contribution in [3.05, 3.63) is 33.5 Å². The first-order valence-corrected chi connectivity index (χ1v) is 9.00. The Morgan fingerprint density at radius 3 is 3.22 bits per heavy atom. The van der Waals surface area contributed by atoms with Crippen molar-refractivity contribution in [1.29, 1.82) is 0 Å². The number of hydrogen-bond acceptors (Lipinski definition) is 5. The molecule has 0 bridgehead atoms. The molecule has 122 valence electrons. The Kier molecular flexibility index (Phi) is 3.90. The minimum atomic E-state index is -0.0859. The van der Waals surface area contributed by atoms with Gasteiger partial charge in [0.05, 0.1) is 19.6 Å². The predicted octanol–water partition coefficient (Wildman–Crippen LogP) is 1.95. The molecule has 1 amide bonds. The number of carbonyl (C=O) groups is 1. The van der Waals surface area contributed by atoms with E-state index in [4.69, 9.17) is 4.74 Å². The first kappa shape index (κ1) is 14.8. The summed E-state index contributed by atoms with van der Waals surface area (Å²) in [7, 11) is 0. The van der Waals surface area contributed by atoms with Crippen molar-refractivity contribution >= 4 is 17.2 Å². The van der Waals surface area contributed by atoms with Crippen LogP contribution in [0.1, 0.15) is 41.5 Å². The zero-order valence-corrected chi connectivity index (χ0v) is 14.0. The molecule has 4 heterocycles. The molecule has 6 nitrogen and oxygen atoms in total. The number of hydrogen-bond donors (Lipinski definition) is 0. The maximum absolute atomic E-state index is 12.7. The van der Waals surface area contributed by atoms with E-state index >= 15 is 0 Å². The summed E-state index contributed by atoms with van der Waals surface area (Å²) in [6, 6.07) is 2.15. The molecular formula is C16H20N4O2S. The van der Waals surface area contributed by atoms with Gasteiger partial charge in [-0.15, -0.1) is 21.5 Å². The van der Waals surface area contributed by atoms with Gasteiger partial charge in [-0.05, 0) is 23.4 Å². The molecule has 2 aliphatic rings. The van der Waals surface area contributed by atoms with Crippen LogP contribution < -0.4 is 0 Å². The van der Waals surface area contributed by atoms with Crippen molar-refractivity contribution in [2.75, 3.05) is 13.2 Å². The first-order valence-electron chi connectivity index (χ1n) is 8.13. The summed E-state index contributed by atoms with van der Waals surface area (Å²) in [6.45, 7) is 4.84. The van der Waals surface area contributed by atoms with Crippen molar-refractivity contribution in [1.82, 2.24) is 19.7 Å². The highest BCUT2D eigenvalue weighted by atomic mass is 32.1. The van der Waals surface area contributed by atoms with E-state index in [1.807, 2.05) is 4.90 Å². The summed E-state index contributed by atoms with van der Waals surface area (Å²) in [4.78, 5) is 15.8. The smallest absolute Gasteiger partial charge is 0.226 e. The Bertz CT molecular complexity index is 723. The average molecular weight is 332 g/mol. The number of nitrogens with zero attached hydrogens (tertiary/aromatic N) is 4. The van der Waals surface area contributed by atoms with Crippen molar-refractivity contribution in [3.63, 3.8) is 0 Å². The van der Waals surface area contributed by atoms with Gasteiger partial charge in [0.15, 0.2) is 5.82 Å². The minimum Gasteiger partial charge on any atom is -0.372 e. The van der Waals surface area contributed by atoms with E-state index in [0.29, 0.717) is 19.6 Å².